The average molecular weight is 398 g/mol. The molecule has 0 heterocycles. The van der Waals surface area contributed by atoms with Gasteiger partial charge in [0, 0.05) is 11.0 Å². The molecule has 0 saturated carbocycles. The molecule has 0 fully saturated rings. The lowest BCUT2D eigenvalue weighted by Gasteiger charge is -2.13. The van der Waals surface area contributed by atoms with Crippen LogP contribution < -0.4 is 0 Å². The first-order valence-electron chi connectivity index (χ1n) is 6.68. The zero-order valence-electron chi connectivity index (χ0n) is 12.6. The van der Waals surface area contributed by atoms with Gasteiger partial charge >= 0.3 is 11.9 Å². The van der Waals surface area contributed by atoms with Crippen LogP contribution in [0.15, 0.2) is 52.3 Å². The van der Waals surface area contributed by atoms with Gasteiger partial charge in [-0.2, -0.15) is 0 Å². The molecule has 10 nitrogen and oxygen atoms in total. The summed E-state index contributed by atoms with van der Waals surface area (Å²) in [6.07, 6.45) is 0. The number of thiol groups is 1. The van der Waals surface area contributed by atoms with Crippen LogP contribution in [0, 0.1) is 20.2 Å². The predicted molar refractivity (Wildman–Crippen MR) is 93.6 cm³/mol. The number of carboxylic acids is 2. The van der Waals surface area contributed by atoms with Crippen LogP contribution in [0.25, 0.3) is 0 Å². The maximum atomic E-state index is 11.4. The number of nitrogens with zero attached hydrogens (tertiary/aromatic N) is 2. The smallest absolute Gasteiger partial charge is 0.342 e. The molecule has 0 spiro atoms. The van der Waals surface area contributed by atoms with Gasteiger partial charge in [-0.15, -0.1) is 0 Å². The summed E-state index contributed by atoms with van der Waals surface area (Å²) < 4.78 is -0.625. The molecule has 0 aliphatic rings. The maximum Gasteiger partial charge on any atom is 0.342 e. The van der Waals surface area contributed by atoms with Gasteiger partial charge in [-0.25, -0.2) is 9.59 Å². The van der Waals surface area contributed by atoms with Crippen LogP contribution >= 0.6 is 20.9 Å². The van der Waals surface area contributed by atoms with Gasteiger partial charge in [0.05, 0.1) is 29.8 Å². The molecule has 0 radical (unpaired) electrons. The molecule has 0 saturated heterocycles. The first kappa shape index (κ1) is 19.2. The van der Waals surface area contributed by atoms with Gasteiger partial charge in [0.1, 0.15) is 5.56 Å². The van der Waals surface area contributed by atoms with E-state index < -0.39 is 42.6 Å². The number of hydrogen-bond acceptors (Lipinski definition) is 7. The summed E-state index contributed by atoms with van der Waals surface area (Å²) in [5, 5.41) is 40.4. The van der Waals surface area contributed by atoms with E-state index in [2.05, 4.69) is 0 Å². The Morgan fingerprint density at radius 2 is 1.69 bits per heavy atom. The summed E-state index contributed by atoms with van der Waals surface area (Å²) in [6, 6.07) is 8.45. The molecule has 26 heavy (non-hydrogen) atoms. The van der Waals surface area contributed by atoms with E-state index in [1.807, 2.05) is 0 Å². The quantitative estimate of drug-likeness (QED) is 0.275. The molecule has 2 rings (SSSR count). The summed E-state index contributed by atoms with van der Waals surface area (Å²) in [5.74, 6) is -2.77. The number of benzene rings is 2. The summed E-state index contributed by atoms with van der Waals surface area (Å²) in [6.45, 7) is 0. The predicted octanol–water partition coefficient (Wildman–Crippen LogP) is 3.25. The van der Waals surface area contributed by atoms with E-state index in [0.717, 1.165) is 29.0 Å². The van der Waals surface area contributed by atoms with Gasteiger partial charge in [-0.1, -0.05) is 6.07 Å². The van der Waals surface area contributed by atoms with Crippen LogP contribution in [0.3, 0.4) is 0 Å². The molecule has 0 bridgehead atoms. The molecule has 0 aliphatic carbocycles. The molecule has 2 aromatic carbocycles. The third-order valence-corrected chi connectivity index (χ3v) is 6.89. The monoisotopic (exact) mass is 398 g/mol. The standard InChI is InChI=1S/C14H10N2O8S2/c17-13(18)8-2-1-3-9(6-8)25-26(16(23)24)10-4-5-12(15(21)22)11(7-10)14(19)20/h1-7,26H,(H,17,18)(H,19,20). The third-order valence-electron chi connectivity index (χ3n) is 3.05. The first-order chi connectivity index (χ1) is 12.2. The van der Waals surface area contributed by atoms with Crippen LogP contribution in [0.4, 0.5) is 5.69 Å². The van der Waals surface area contributed by atoms with Crippen LogP contribution in [-0.2, 0) is 0 Å². The second-order valence-corrected chi connectivity index (χ2v) is 8.33. The fraction of sp³-hybridized carbons (Fsp3) is 0. The highest BCUT2D eigenvalue weighted by Crippen LogP contribution is 2.52. The number of carbonyl (C=O) groups is 2. The maximum absolute atomic E-state index is 11.4. The lowest BCUT2D eigenvalue weighted by atomic mass is 10.2. The zero-order valence-corrected chi connectivity index (χ0v) is 14.3. The van der Waals surface area contributed by atoms with E-state index in [1.165, 1.54) is 24.3 Å². The van der Waals surface area contributed by atoms with Crippen molar-refractivity contribution in [2.75, 3.05) is 0 Å². The number of nitro benzene ring substituents is 1. The van der Waals surface area contributed by atoms with Gasteiger partial charge in [-0.3, -0.25) is 20.2 Å². The Hall–Kier alpha value is -3.12. The van der Waals surface area contributed by atoms with Crippen molar-refractivity contribution in [3.8, 4) is 0 Å². The fourth-order valence-corrected chi connectivity index (χ4v) is 5.06. The highest BCUT2D eigenvalue weighted by molar-refractivity contribution is 8.82. The summed E-state index contributed by atoms with van der Waals surface area (Å²) in [5.41, 5.74) is -1.37. The average Bonchev–Trinajstić information content (AvgIpc) is 2.59. The Morgan fingerprint density at radius 3 is 2.23 bits per heavy atom. The molecule has 1 atom stereocenters. The Labute approximate surface area is 151 Å². The van der Waals surface area contributed by atoms with E-state index in [9.17, 15) is 29.8 Å². The van der Waals surface area contributed by atoms with E-state index in [0.29, 0.717) is 4.90 Å². The van der Waals surface area contributed by atoms with Gasteiger partial charge in [-0.05, 0) is 41.1 Å². The second-order valence-electron chi connectivity index (χ2n) is 4.70. The van der Waals surface area contributed by atoms with Crippen LogP contribution in [0.5, 0.6) is 0 Å². The van der Waals surface area contributed by atoms with Crippen molar-refractivity contribution in [1.82, 2.24) is 0 Å². The highest BCUT2D eigenvalue weighted by Gasteiger charge is 2.26. The normalized spacial score (nSPS) is 12.2. The lowest BCUT2D eigenvalue weighted by molar-refractivity contribution is -0.385. The minimum atomic E-state index is -2.24. The molecule has 136 valence electrons. The number of nitro groups is 2. The van der Waals surface area contributed by atoms with Crippen molar-refractivity contribution >= 4 is 38.5 Å². The van der Waals surface area contributed by atoms with E-state index in [-0.39, 0.29) is 10.5 Å². The van der Waals surface area contributed by atoms with Crippen molar-refractivity contribution in [1.29, 1.82) is 0 Å². The molecule has 0 aliphatic heterocycles. The Balaban J connectivity index is 2.45. The van der Waals surface area contributed by atoms with Gasteiger partial charge < -0.3 is 10.2 Å². The SMILES string of the molecule is O=C(O)c1cccc(S[SH](c2ccc([N+](=O)[O-])c(C(=O)O)c2)[N+](=O)[O-])c1. The number of hydrogen-bond donors (Lipinski definition) is 3. The number of carboxylic acid groups (broad SMARTS) is 2. The Kier molecular flexibility index (Phi) is 5.79. The van der Waals surface area contributed by atoms with Crippen LogP contribution in [0.1, 0.15) is 20.7 Å². The largest absolute Gasteiger partial charge is 0.478 e. The zero-order chi connectivity index (χ0) is 19.4. The fourth-order valence-electron chi connectivity index (χ4n) is 1.94. The van der Waals surface area contributed by atoms with E-state index in [4.69, 9.17) is 10.2 Å². The molecule has 2 aromatic rings. The van der Waals surface area contributed by atoms with Crippen molar-refractivity contribution < 1.29 is 29.1 Å². The molecular formula is C14H10N2O8S2. The summed E-state index contributed by atoms with van der Waals surface area (Å²) in [4.78, 5) is 44.0. The topological polar surface area (TPSA) is 161 Å². The highest BCUT2D eigenvalue weighted by atomic mass is 33.1. The minimum Gasteiger partial charge on any atom is -0.478 e. The van der Waals surface area contributed by atoms with E-state index >= 15 is 0 Å². The molecule has 0 amide bonds. The molecular weight excluding hydrogens is 388 g/mol. The van der Waals surface area contributed by atoms with Crippen molar-refractivity contribution in [2.45, 2.75) is 9.79 Å². The van der Waals surface area contributed by atoms with Crippen LogP contribution in [0.2, 0.25) is 0 Å². The molecule has 12 heteroatoms. The van der Waals surface area contributed by atoms with Crippen molar-refractivity contribution in [3.05, 3.63) is 73.8 Å². The number of aromatic carboxylic acids is 2. The third kappa shape index (κ3) is 4.29. The summed E-state index contributed by atoms with van der Waals surface area (Å²) in [7, 11) is -1.48. The molecule has 2 N–H and O–H groups in total. The summed E-state index contributed by atoms with van der Waals surface area (Å²) >= 11 is 0. The second kappa shape index (κ2) is 7.84. The first-order valence-corrected chi connectivity index (χ1v) is 9.40. The van der Waals surface area contributed by atoms with E-state index in [1.54, 1.807) is 0 Å². The Morgan fingerprint density at radius 1 is 1.00 bits per heavy atom. The Bertz CT molecular complexity index is 918. The van der Waals surface area contributed by atoms with Gasteiger partial charge in [0.2, 0.25) is 0 Å². The van der Waals surface area contributed by atoms with Crippen molar-refractivity contribution in [3.63, 3.8) is 0 Å². The number of rotatable bonds is 7. The molecule has 1 unspecified atom stereocenters. The van der Waals surface area contributed by atoms with Gasteiger partial charge in [0.25, 0.3) is 5.69 Å². The van der Waals surface area contributed by atoms with Crippen molar-refractivity contribution in [2.24, 2.45) is 0 Å². The van der Waals surface area contributed by atoms with Crippen LogP contribution in [-0.4, -0.2) is 31.4 Å². The van der Waals surface area contributed by atoms with Gasteiger partial charge in [0.15, 0.2) is 0 Å². The lowest BCUT2D eigenvalue weighted by Crippen LogP contribution is -2.04. The minimum absolute atomic E-state index is 0.00118. The molecule has 0 aromatic heterocycles.